The second kappa shape index (κ2) is 4.51. The van der Waals surface area contributed by atoms with Crippen LogP contribution in [-0.2, 0) is 4.74 Å². The van der Waals surface area contributed by atoms with Gasteiger partial charge in [-0.2, -0.15) is 9.97 Å². The third kappa shape index (κ3) is 2.12. The molecule has 3 heterocycles. The van der Waals surface area contributed by atoms with Crippen molar-refractivity contribution in [1.82, 2.24) is 14.4 Å². The third-order valence-electron chi connectivity index (χ3n) is 3.13. The Morgan fingerprint density at radius 2 is 2.00 bits per heavy atom. The molecule has 0 spiro atoms. The summed E-state index contributed by atoms with van der Waals surface area (Å²) in [5.74, 6) is 0.654. The van der Waals surface area contributed by atoms with E-state index in [1.807, 2.05) is 13.0 Å². The second-order valence-electron chi connectivity index (χ2n) is 4.44. The maximum absolute atomic E-state index is 11.8. The zero-order valence-electron chi connectivity index (χ0n) is 10.5. The van der Waals surface area contributed by atoms with E-state index in [2.05, 4.69) is 14.9 Å². The first-order chi connectivity index (χ1) is 9.15. The topological polar surface area (TPSA) is 80.0 Å². The normalized spacial score (nSPS) is 15.9. The van der Waals surface area contributed by atoms with Crippen molar-refractivity contribution >= 4 is 11.6 Å². The van der Waals surface area contributed by atoms with Gasteiger partial charge in [0.1, 0.15) is 5.82 Å². The van der Waals surface area contributed by atoms with Crippen LogP contribution in [0.2, 0.25) is 0 Å². The van der Waals surface area contributed by atoms with Gasteiger partial charge in [-0.3, -0.25) is 4.79 Å². The number of aryl methyl sites for hydroxylation is 1. The Kier molecular flexibility index (Phi) is 2.83. The van der Waals surface area contributed by atoms with Crippen molar-refractivity contribution in [3.63, 3.8) is 0 Å². The summed E-state index contributed by atoms with van der Waals surface area (Å²) in [5.41, 5.74) is 0.407. The average molecular weight is 262 g/mol. The van der Waals surface area contributed by atoms with Crippen molar-refractivity contribution in [3.8, 4) is 5.88 Å². The summed E-state index contributed by atoms with van der Waals surface area (Å²) in [5, 5.41) is 9.41. The summed E-state index contributed by atoms with van der Waals surface area (Å²) in [4.78, 5) is 22.1. The summed E-state index contributed by atoms with van der Waals surface area (Å²) in [6.07, 6.45) is 0. The molecular weight excluding hydrogens is 248 g/mol. The summed E-state index contributed by atoms with van der Waals surface area (Å²) in [6.45, 7) is 4.65. The highest BCUT2D eigenvalue weighted by Gasteiger charge is 2.15. The van der Waals surface area contributed by atoms with Crippen molar-refractivity contribution in [2.75, 3.05) is 31.2 Å². The molecule has 2 aromatic rings. The van der Waals surface area contributed by atoms with E-state index >= 15 is 0 Å². The molecule has 0 aliphatic carbocycles. The maximum atomic E-state index is 11.8. The van der Waals surface area contributed by atoms with E-state index in [0.717, 1.165) is 30.7 Å². The first-order valence-corrected chi connectivity index (χ1v) is 6.08. The summed E-state index contributed by atoms with van der Waals surface area (Å²) >= 11 is 0. The Morgan fingerprint density at radius 3 is 2.74 bits per heavy atom. The highest BCUT2D eigenvalue weighted by molar-refractivity contribution is 5.47. The van der Waals surface area contributed by atoms with Crippen LogP contribution in [0.15, 0.2) is 16.9 Å². The number of aromatic hydroxyl groups is 1. The van der Waals surface area contributed by atoms with E-state index in [1.54, 1.807) is 0 Å². The van der Waals surface area contributed by atoms with Gasteiger partial charge in [0.05, 0.1) is 19.3 Å². The largest absolute Gasteiger partial charge is 0.493 e. The molecule has 1 fully saturated rings. The summed E-state index contributed by atoms with van der Waals surface area (Å²) in [6, 6.07) is 2.93. The van der Waals surface area contributed by atoms with Crippen LogP contribution in [-0.4, -0.2) is 45.8 Å². The van der Waals surface area contributed by atoms with Crippen LogP contribution in [0.1, 0.15) is 5.69 Å². The van der Waals surface area contributed by atoms with Gasteiger partial charge in [-0.1, -0.05) is 0 Å². The molecule has 1 saturated heterocycles. The van der Waals surface area contributed by atoms with Crippen molar-refractivity contribution in [3.05, 3.63) is 28.2 Å². The fraction of sp³-hybridized carbons (Fsp3) is 0.417. The number of anilines is 1. The standard InChI is InChI=1S/C12H14N4O3/c1-8-6-9(15-2-4-19-5-3-15)13-12-14-10(17)7-11(18)16(8)12/h6-7,17H,2-5H2,1H3. The van der Waals surface area contributed by atoms with Crippen LogP contribution in [0, 0.1) is 6.92 Å². The van der Waals surface area contributed by atoms with Crippen LogP contribution in [0.3, 0.4) is 0 Å². The predicted molar refractivity (Wildman–Crippen MR) is 68.7 cm³/mol. The van der Waals surface area contributed by atoms with E-state index in [-0.39, 0.29) is 17.2 Å². The van der Waals surface area contributed by atoms with Crippen molar-refractivity contribution < 1.29 is 9.84 Å². The lowest BCUT2D eigenvalue weighted by atomic mass is 10.3. The molecule has 0 bridgehead atoms. The minimum atomic E-state index is -0.332. The molecule has 7 nitrogen and oxygen atoms in total. The van der Waals surface area contributed by atoms with Gasteiger partial charge >= 0.3 is 0 Å². The highest BCUT2D eigenvalue weighted by atomic mass is 16.5. The number of nitrogens with zero attached hydrogens (tertiary/aromatic N) is 4. The fourth-order valence-electron chi connectivity index (χ4n) is 2.21. The molecule has 0 radical (unpaired) electrons. The number of fused-ring (bicyclic) bond motifs is 1. The van der Waals surface area contributed by atoms with Gasteiger partial charge in [-0.05, 0) is 6.92 Å². The van der Waals surface area contributed by atoms with Crippen LogP contribution >= 0.6 is 0 Å². The quantitative estimate of drug-likeness (QED) is 0.775. The zero-order valence-corrected chi connectivity index (χ0v) is 10.5. The van der Waals surface area contributed by atoms with Gasteiger partial charge in [0.25, 0.3) is 5.56 Å². The number of aromatic nitrogens is 3. The van der Waals surface area contributed by atoms with Crippen LogP contribution in [0.25, 0.3) is 5.78 Å². The predicted octanol–water partition coefficient (Wildman–Crippen LogP) is -0.0599. The monoisotopic (exact) mass is 262 g/mol. The molecule has 100 valence electrons. The van der Waals surface area contributed by atoms with Gasteiger partial charge in [0, 0.05) is 24.8 Å². The molecule has 0 aromatic carbocycles. The van der Waals surface area contributed by atoms with Crippen molar-refractivity contribution in [1.29, 1.82) is 0 Å². The lowest BCUT2D eigenvalue weighted by molar-refractivity contribution is 0.122. The maximum Gasteiger partial charge on any atom is 0.263 e. The molecule has 0 saturated carbocycles. The molecule has 7 heteroatoms. The zero-order chi connectivity index (χ0) is 13.4. The number of hydrogen-bond donors (Lipinski definition) is 1. The molecule has 0 unspecified atom stereocenters. The molecular formula is C12H14N4O3. The minimum Gasteiger partial charge on any atom is -0.493 e. The SMILES string of the molecule is Cc1cc(N2CCOCC2)nc2nc(O)cc(=O)n12. The molecule has 1 N–H and O–H groups in total. The molecule has 3 rings (SSSR count). The van der Waals surface area contributed by atoms with E-state index in [1.165, 1.54) is 4.40 Å². The van der Waals surface area contributed by atoms with Gasteiger partial charge < -0.3 is 14.7 Å². The first kappa shape index (κ1) is 11.9. The lowest BCUT2D eigenvalue weighted by Gasteiger charge is -2.28. The molecule has 19 heavy (non-hydrogen) atoms. The second-order valence-corrected chi connectivity index (χ2v) is 4.44. The Bertz CT molecular complexity index is 676. The van der Waals surface area contributed by atoms with Gasteiger partial charge in [-0.15, -0.1) is 0 Å². The number of rotatable bonds is 1. The molecule has 2 aromatic heterocycles. The van der Waals surface area contributed by atoms with Crippen LogP contribution in [0.4, 0.5) is 5.82 Å². The molecule has 1 aliphatic rings. The Labute approximate surface area is 109 Å². The Morgan fingerprint density at radius 1 is 1.26 bits per heavy atom. The van der Waals surface area contributed by atoms with E-state index < -0.39 is 0 Å². The fourth-order valence-corrected chi connectivity index (χ4v) is 2.21. The smallest absolute Gasteiger partial charge is 0.263 e. The van der Waals surface area contributed by atoms with E-state index in [4.69, 9.17) is 4.74 Å². The number of ether oxygens (including phenoxy) is 1. The van der Waals surface area contributed by atoms with Gasteiger partial charge in [0.15, 0.2) is 0 Å². The molecule has 1 aliphatic heterocycles. The number of morpholine rings is 1. The summed E-state index contributed by atoms with van der Waals surface area (Å²) < 4.78 is 6.68. The first-order valence-electron chi connectivity index (χ1n) is 6.08. The molecule has 0 atom stereocenters. The third-order valence-corrected chi connectivity index (χ3v) is 3.13. The van der Waals surface area contributed by atoms with Crippen LogP contribution in [0.5, 0.6) is 5.88 Å². The van der Waals surface area contributed by atoms with Crippen LogP contribution < -0.4 is 10.5 Å². The lowest BCUT2D eigenvalue weighted by Crippen LogP contribution is -2.37. The Balaban J connectivity index is 2.15. The van der Waals surface area contributed by atoms with Gasteiger partial charge in [-0.25, -0.2) is 4.40 Å². The van der Waals surface area contributed by atoms with Gasteiger partial charge in [0.2, 0.25) is 11.7 Å². The summed E-state index contributed by atoms with van der Waals surface area (Å²) in [7, 11) is 0. The molecule has 0 amide bonds. The van der Waals surface area contributed by atoms with Crippen molar-refractivity contribution in [2.24, 2.45) is 0 Å². The van der Waals surface area contributed by atoms with Crippen molar-refractivity contribution in [2.45, 2.75) is 6.92 Å². The minimum absolute atomic E-state index is 0.214. The highest BCUT2D eigenvalue weighted by Crippen LogP contribution is 2.16. The van der Waals surface area contributed by atoms with E-state index in [0.29, 0.717) is 13.2 Å². The number of hydrogen-bond acceptors (Lipinski definition) is 6. The Hall–Kier alpha value is -2.15. The van der Waals surface area contributed by atoms with E-state index in [9.17, 15) is 9.90 Å². The average Bonchev–Trinajstić information content (AvgIpc) is 2.38.